The van der Waals surface area contributed by atoms with Gasteiger partial charge in [0.2, 0.25) is 5.91 Å². The fourth-order valence-corrected chi connectivity index (χ4v) is 3.51. The summed E-state index contributed by atoms with van der Waals surface area (Å²) < 4.78 is 0. The minimum atomic E-state index is 0.272. The summed E-state index contributed by atoms with van der Waals surface area (Å²) >= 11 is 3.36. The molecule has 1 N–H and O–H groups in total. The molecule has 3 atom stereocenters. The molecule has 86 valence electrons. The molecule has 3 unspecified atom stereocenters. The van der Waals surface area contributed by atoms with Crippen molar-refractivity contribution in [1.82, 2.24) is 5.32 Å². The molecule has 2 aliphatic carbocycles. The summed E-state index contributed by atoms with van der Waals surface area (Å²) in [7, 11) is 0. The second-order valence-corrected chi connectivity index (χ2v) is 5.82. The normalized spacial score (nSPS) is 33.3. The summed E-state index contributed by atoms with van der Waals surface area (Å²) in [6.45, 7) is 0.824. The van der Waals surface area contributed by atoms with Gasteiger partial charge in [0, 0.05) is 18.3 Å². The summed E-state index contributed by atoms with van der Waals surface area (Å²) in [4.78, 5) is 11.6. The number of alkyl halides is 1. The van der Waals surface area contributed by atoms with Crippen LogP contribution in [0.5, 0.6) is 0 Å². The van der Waals surface area contributed by atoms with E-state index in [2.05, 4.69) is 21.2 Å². The Morgan fingerprint density at radius 2 is 2.20 bits per heavy atom. The molecule has 2 aliphatic rings. The van der Waals surface area contributed by atoms with Gasteiger partial charge in [0.05, 0.1) is 0 Å². The lowest BCUT2D eigenvalue weighted by Gasteiger charge is -2.20. The van der Waals surface area contributed by atoms with Gasteiger partial charge in [-0.15, -0.1) is 0 Å². The number of hydrogen-bond donors (Lipinski definition) is 1. The predicted octanol–water partition coefficient (Wildman–Crippen LogP) is 2.71. The largest absolute Gasteiger partial charge is 0.356 e. The average Bonchev–Trinajstić information content (AvgIpc) is 2.79. The molecule has 3 heteroatoms. The van der Waals surface area contributed by atoms with Crippen LogP contribution in [-0.4, -0.2) is 17.8 Å². The van der Waals surface area contributed by atoms with Crippen molar-refractivity contribution in [2.24, 2.45) is 17.8 Å². The van der Waals surface area contributed by atoms with Crippen LogP contribution in [0.25, 0.3) is 0 Å². The van der Waals surface area contributed by atoms with Gasteiger partial charge in [-0.2, -0.15) is 0 Å². The lowest BCUT2D eigenvalue weighted by molar-refractivity contribution is -0.122. The van der Waals surface area contributed by atoms with Crippen LogP contribution in [0.15, 0.2) is 0 Å². The first-order valence-electron chi connectivity index (χ1n) is 6.12. The minimum absolute atomic E-state index is 0.272. The van der Waals surface area contributed by atoms with Crippen LogP contribution in [0.2, 0.25) is 0 Å². The monoisotopic (exact) mass is 273 g/mol. The Labute approximate surface area is 100 Å². The van der Waals surface area contributed by atoms with E-state index < -0.39 is 0 Å². The van der Waals surface area contributed by atoms with Crippen molar-refractivity contribution >= 4 is 21.8 Å². The van der Waals surface area contributed by atoms with E-state index in [-0.39, 0.29) is 5.91 Å². The number of hydrogen-bond acceptors (Lipinski definition) is 1. The number of rotatable bonds is 5. The van der Waals surface area contributed by atoms with E-state index in [0.29, 0.717) is 5.92 Å². The molecule has 2 saturated carbocycles. The standard InChI is InChI=1S/C12H20BrNO/c13-4-1-5-14-12(15)8-11-7-9-2-3-10(11)6-9/h9-11H,1-8H2,(H,14,15). The highest BCUT2D eigenvalue weighted by atomic mass is 79.9. The van der Waals surface area contributed by atoms with Gasteiger partial charge in [0.25, 0.3) is 0 Å². The SMILES string of the molecule is O=C(CC1CC2CCC1C2)NCCCBr. The van der Waals surface area contributed by atoms with E-state index in [4.69, 9.17) is 0 Å². The number of fused-ring (bicyclic) bond motifs is 2. The van der Waals surface area contributed by atoms with E-state index in [0.717, 1.165) is 36.6 Å². The Kier molecular flexibility index (Phi) is 4.06. The van der Waals surface area contributed by atoms with Crippen molar-refractivity contribution in [3.8, 4) is 0 Å². The van der Waals surface area contributed by atoms with Gasteiger partial charge in [-0.1, -0.05) is 22.4 Å². The fourth-order valence-electron chi connectivity index (χ4n) is 3.23. The molecule has 2 bridgehead atoms. The molecule has 0 radical (unpaired) electrons. The van der Waals surface area contributed by atoms with Crippen LogP contribution < -0.4 is 5.32 Å². The Hall–Kier alpha value is -0.0500. The number of amides is 1. The highest BCUT2D eigenvalue weighted by Gasteiger charge is 2.39. The smallest absolute Gasteiger partial charge is 0.220 e. The zero-order valence-corrected chi connectivity index (χ0v) is 10.8. The maximum atomic E-state index is 11.6. The molecule has 1 amide bonds. The van der Waals surface area contributed by atoms with Crippen LogP contribution in [0.3, 0.4) is 0 Å². The molecule has 0 aromatic rings. The quantitative estimate of drug-likeness (QED) is 0.606. The third-order valence-corrected chi connectivity index (χ3v) is 4.53. The fraction of sp³-hybridized carbons (Fsp3) is 0.917. The first-order valence-corrected chi connectivity index (χ1v) is 7.24. The summed E-state index contributed by atoms with van der Waals surface area (Å²) in [6, 6.07) is 0. The Morgan fingerprint density at radius 1 is 1.33 bits per heavy atom. The van der Waals surface area contributed by atoms with Gasteiger partial charge in [0.15, 0.2) is 0 Å². The summed E-state index contributed by atoms with van der Waals surface area (Å²) in [6.07, 6.45) is 7.33. The molecular formula is C12H20BrNO. The second-order valence-electron chi connectivity index (χ2n) is 5.03. The van der Waals surface area contributed by atoms with Crippen molar-refractivity contribution in [2.45, 2.75) is 38.5 Å². The molecule has 15 heavy (non-hydrogen) atoms. The topological polar surface area (TPSA) is 29.1 Å². The molecule has 0 aromatic carbocycles. The minimum Gasteiger partial charge on any atom is -0.356 e. The maximum Gasteiger partial charge on any atom is 0.220 e. The van der Waals surface area contributed by atoms with Crippen LogP contribution in [-0.2, 0) is 4.79 Å². The number of carbonyl (C=O) groups is 1. The van der Waals surface area contributed by atoms with Crippen LogP contribution in [0, 0.1) is 17.8 Å². The molecule has 0 spiro atoms. The Morgan fingerprint density at radius 3 is 2.80 bits per heavy atom. The van der Waals surface area contributed by atoms with E-state index in [1.54, 1.807) is 0 Å². The van der Waals surface area contributed by atoms with E-state index in [1.807, 2.05) is 0 Å². The van der Waals surface area contributed by atoms with E-state index >= 15 is 0 Å². The zero-order valence-electron chi connectivity index (χ0n) is 9.18. The van der Waals surface area contributed by atoms with Crippen molar-refractivity contribution in [3.63, 3.8) is 0 Å². The molecule has 0 heterocycles. The van der Waals surface area contributed by atoms with Crippen molar-refractivity contribution in [3.05, 3.63) is 0 Å². The number of carbonyl (C=O) groups excluding carboxylic acids is 1. The molecule has 2 rings (SSSR count). The molecule has 0 saturated heterocycles. The highest BCUT2D eigenvalue weighted by molar-refractivity contribution is 9.09. The molecule has 0 aliphatic heterocycles. The van der Waals surface area contributed by atoms with Gasteiger partial charge in [0.1, 0.15) is 0 Å². The second kappa shape index (κ2) is 5.33. The van der Waals surface area contributed by atoms with Gasteiger partial charge in [-0.3, -0.25) is 4.79 Å². The van der Waals surface area contributed by atoms with Gasteiger partial charge >= 0.3 is 0 Å². The Balaban J connectivity index is 1.66. The third kappa shape index (κ3) is 2.96. The molecular weight excluding hydrogens is 254 g/mol. The van der Waals surface area contributed by atoms with Crippen LogP contribution in [0.1, 0.15) is 38.5 Å². The lowest BCUT2D eigenvalue weighted by Crippen LogP contribution is -2.28. The van der Waals surface area contributed by atoms with Gasteiger partial charge < -0.3 is 5.32 Å². The van der Waals surface area contributed by atoms with Gasteiger partial charge in [-0.25, -0.2) is 0 Å². The molecule has 2 nitrogen and oxygen atoms in total. The van der Waals surface area contributed by atoms with Crippen molar-refractivity contribution < 1.29 is 4.79 Å². The highest BCUT2D eigenvalue weighted by Crippen LogP contribution is 2.49. The van der Waals surface area contributed by atoms with Crippen molar-refractivity contribution in [2.75, 3.05) is 11.9 Å². The van der Waals surface area contributed by atoms with E-state index in [9.17, 15) is 4.79 Å². The summed E-state index contributed by atoms with van der Waals surface area (Å²) in [5.74, 6) is 2.80. The lowest BCUT2D eigenvalue weighted by atomic mass is 9.86. The Bertz CT molecular complexity index is 232. The first-order chi connectivity index (χ1) is 7.29. The summed E-state index contributed by atoms with van der Waals surface area (Å²) in [5.41, 5.74) is 0. The predicted molar refractivity (Wildman–Crippen MR) is 65.0 cm³/mol. The third-order valence-electron chi connectivity index (χ3n) is 3.96. The van der Waals surface area contributed by atoms with Gasteiger partial charge in [-0.05, 0) is 43.4 Å². The van der Waals surface area contributed by atoms with Crippen molar-refractivity contribution in [1.29, 1.82) is 0 Å². The maximum absolute atomic E-state index is 11.6. The average molecular weight is 274 g/mol. The number of halogens is 1. The summed E-state index contributed by atoms with van der Waals surface area (Å²) in [5, 5.41) is 3.97. The molecule has 0 aromatic heterocycles. The van der Waals surface area contributed by atoms with Crippen LogP contribution in [0.4, 0.5) is 0 Å². The molecule has 2 fully saturated rings. The zero-order chi connectivity index (χ0) is 10.7. The number of nitrogens with one attached hydrogen (secondary N) is 1. The van der Waals surface area contributed by atoms with Crippen LogP contribution >= 0.6 is 15.9 Å². The first kappa shape index (κ1) is 11.4. The van der Waals surface area contributed by atoms with E-state index in [1.165, 1.54) is 25.7 Å².